The van der Waals surface area contributed by atoms with Gasteiger partial charge in [-0.3, -0.25) is 4.79 Å². The molecule has 1 fully saturated rings. The topological polar surface area (TPSA) is 68.0 Å². The van der Waals surface area contributed by atoms with Gasteiger partial charge in [0, 0.05) is 11.3 Å². The Morgan fingerprint density at radius 2 is 2.31 bits per heavy atom. The predicted molar refractivity (Wildman–Crippen MR) is 63.1 cm³/mol. The number of rotatable bonds is 1. The summed E-state index contributed by atoms with van der Waals surface area (Å²) in [5.74, 6) is 6.15. The van der Waals surface area contributed by atoms with Crippen LogP contribution in [0.5, 0.6) is 0 Å². The van der Waals surface area contributed by atoms with Gasteiger partial charge in [0.15, 0.2) is 5.01 Å². The molecule has 2 heterocycles. The molecule has 0 aromatic carbocycles. The van der Waals surface area contributed by atoms with Crippen molar-refractivity contribution in [2.75, 3.05) is 13.1 Å². The van der Waals surface area contributed by atoms with Gasteiger partial charge in [-0.25, -0.2) is 4.98 Å². The number of amides is 1. The fourth-order valence-electron chi connectivity index (χ4n) is 1.59. The van der Waals surface area contributed by atoms with Crippen molar-refractivity contribution in [1.82, 2.24) is 10.3 Å². The van der Waals surface area contributed by atoms with Crippen molar-refractivity contribution in [2.24, 2.45) is 11.7 Å². The van der Waals surface area contributed by atoms with Crippen LogP contribution in [-0.4, -0.2) is 24.0 Å². The molecule has 2 rings (SSSR count). The molecular formula is C11H13N3OS. The van der Waals surface area contributed by atoms with E-state index < -0.39 is 5.91 Å². The normalized spacial score (nSPS) is 16.5. The van der Waals surface area contributed by atoms with E-state index in [0.717, 1.165) is 25.9 Å². The molecule has 4 nitrogen and oxygen atoms in total. The quantitative estimate of drug-likeness (QED) is 0.700. The first-order valence-electron chi connectivity index (χ1n) is 5.23. The van der Waals surface area contributed by atoms with Crippen LogP contribution in [-0.2, 0) is 0 Å². The number of aromatic nitrogens is 1. The van der Waals surface area contributed by atoms with Gasteiger partial charge < -0.3 is 11.1 Å². The van der Waals surface area contributed by atoms with Gasteiger partial charge in [0.2, 0.25) is 0 Å². The van der Waals surface area contributed by atoms with Crippen LogP contribution in [0.15, 0.2) is 5.38 Å². The summed E-state index contributed by atoms with van der Waals surface area (Å²) >= 11 is 1.24. The fourth-order valence-corrected chi connectivity index (χ4v) is 2.19. The second kappa shape index (κ2) is 5.10. The molecule has 0 saturated carbocycles. The van der Waals surface area contributed by atoms with Crippen LogP contribution in [0.2, 0.25) is 0 Å². The van der Waals surface area contributed by atoms with E-state index >= 15 is 0 Å². The number of nitrogens with two attached hydrogens (primary N) is 1. The molecular weight excluding hydrogens is 222 g/mol. The van der Waals surface area contributed by atoms with E-state index in [2.05, 4.69) is 22.1 Å². The van der Waals surface area contributed by atoms with Crippen molar-refractivity contribution in [3.63, 3.8) is 0 Å². The van der Waals surface area contributed by atoms with Gasteiger partial charge in [0.25, 0.3) is 5.91 Å². The molecule has 1 saturated heterocycles. The van der Waals surface area contributed by atoms with Gasteiger partial charge >= 0.3 is 0 Å². The monoisotopic (exact) mass is 235 g/mol. The lowest BCUT2D eigenvalue weighted by atomic mass is 9.99. The summed E-state index contributed by atoms with van der Waals surface area (Å²) in [4.78, 5) is 14.9. The zero-order valence-corrected chi connectivity index (χ0v) is 9.64. The Hall–Kier alpha value is -1.38. The van der Waals surface area contributed by atoms with Gasteiger partial charge in [0.05, 0.1) is 0 Å². The van der Waals surface area contributed by atoms with Crippen molar-refractivity contribution < 1.29 is 4.79 Å². The smallest absolute Gasteiger partial charge is 0.277 e. The predicted octanol–water partition coefficient (Wildman–Crippen LogP) is 0.593. The number of hydrogen-bond acceptors (Lipinski definition) is 4. The van der Waals surface area contributed by atoms with Crippen LogP contribution in [0, 0.1) is 17.8 Å². The molecule has 1 aliphatic heterocycles. The number of nitrogens with zero attached hydrogens (tertiary/aromatic N) is 1. The first-order valence-corrected chi connectivity index (χ1v) is 6.11. The van der Waals surface area contributed by atoms with E-state index in [0.29, 0.717) is 16.6 Å². The second-order valence-corrected chi connectivity index (χ2v) is 4.55. The third-order valence-electron chi connectivity index (χ3n) is 2.46. The summed E-state index contributed by atoms with van der Waals surface area (Å²) in [6.07, 6.45) is 2.17. The van der Waals surface area contributed by atoms with Gasteiger partial charge in [-0.05, 0) is 31.9 Å². The maximum absolute atomic E-state index is 10.8. The van der Waals surface area contributed by atoms with Gasteiger partial charge in [-0.15, -0.1) is 11.3 Å². The standard InChI is InChI=1S/C11H13N3OS/c12-10(15)11-14-9(7-16-11)2-1-8-3-5-13-6-4-8/h7-8,13H,3-6H2,(H2,12,15). The molecule has 0 atom stereocenters. The SMILES string of the molecule is NC(=O)c1nc(C#CC2CCNCC2)cs1. The fraction of sp³-hybridized carbons (Fsp3) is 0.455. The third kappa shape index (κ3) is 2.81. The zero-order chi connectivity index (χ0) is 11.4. The summed E-state index contributed by atoms with van der Waals surface area (Å²) in [7, 11) is 0. The van der Waals surface area contributed by atoms with E-state index in [1.807, 2.05) is 0 Å². The summed E-state index contributed by atoms with van der Waals surface area (Å²) in [5.41, 5.74) is 5.77. The molecule has 16 heavy (non-hydrogen) atoms. The van der Waals surface area contributed by atoms with Crippen molar-refractivity contribution in [1.29, 1.82) is 0 Å². The van der Waals surface area contributed by atoms with Crippen LogP contribution in [0.1, 0.15) is 28.3 Å². The highest BCUT2D eigenvalue weighted by Crippen LogP contribution is 2.11. The second-order valence-electron chi connectivity index (χ2n) is 3.70. The Bertz CT molecular complexity index is 438. The largest absolute Gasteiger partial charge is 0.364 e. The molecule has 0 bridgehead atoms. The first-order chi connectivity index (χ1) is 7.75. The number of nitrogens with one attached hydrogen (secondary N) is 1. The highest BCUT2D eigenvalue weighted by molar-refractivity contribution is 7.11. The Labute approximate surface area is 98.3 Å². The Morgan fingerprint density at radius 3 is 2.94 bits per heavy atom. The lowest BCUT2D eigenvalue weighted by Gasteiger charge is -2.16. The number of thiazole rings is 1. The molecule has 0 unspecified atom stereocenters. The maximum atomic E-state index is 10.8. The summed E-state index contributed by atoms with van der Waals surface area (Å²) < 4.78 is 0. The van der Waals surface area contributed by atoms with Crippen LogP contribution in [0.4, 0.5) is 0 Å². The average Bonchev–Trinajstić information content (AvgIpc) is 2.76. The molecule has 0 spiro atoms. The van der Waals surface area contributed by atoms with Crippen LogP contribution in [0.3, 0.4) is 0 Å². The molecule has 5 heteroatoms. The maximum Gasteiger partial charge on any atom is 0.277 e. The van der Waals surface area contributed by atoms with Crippen molar-refractivity contribution in [3.05, 3.63) is 16.1 Å². The first kappa shape index (κ1) is 11.1. The molecule has 1 aliphatic rings. The van der Waals surface area contributed by atoms with Crippen LogP contribution < -0.4 is 11.1 Å². The number of carbonyl (C=O) groups excluding carboxylic acids is 1. The zero-order valence-electron chi connectivity index (χ0n) is 8.82. The summed E-state index contributed by atoms with van der Waals surface area (Å²) in [6.45, 7) is 2.06. The minimum absolute atomic E-state index is 0.328. The Morgan fingerprint density at radius 1 is 1.56 bits per heavy atom. The molecule has 1 amide bonds. The third-order valence-corrected chi connectivity index (χ3v) is 3.32. The minimum Gasteiger partial charge on any atom is -0.364 e. The molecule has 0 aliphatic carbocycles. The number of hydrogen-bond donors (Lipinski definition) is 2. The van der Waals surface area contributed by atoms with Crippen molar-refractivity contribution in [2.45, 2.75) is 12.8 Å². The minimum atomic E-state index is -0.486. The summed E-state index contributed by atoms with van der Waals surface area (Å²) in [5, 5.41) is 5.39. The van der Waals surface area contributed by atoms with Gasteiger partial charge in [-0.1, -0.05) is 5.92 Å². The molecule has 84 valence electrons. The molecule has 1 aromatic heterocycles. The van der Waals surface area contributed by atoms with Crippen LogP contribution in [0.25, 0.3) is 0 Å². The molecule has 0 radical (unpaired) electrons. The van der Waals surface area contributed by atoms with E-state index in [-0.39, 0.29) is 0 Å². The van der Waals surface area contributed by atoms with E-state index in [9.17, 15) is 4.79 Å². The molecule has 1 aromatic rings. The number of primary amides is 1. The highest BCUT2D eigenvalue weighted by Gasteiger charge is 2.10. The Kier molecular flexibility index (Phi) is 3.54. The Balaban J connectivity index is 2.02. The van der Waals surface area contributed by atoms with E-state index in [1.54, 1.807) is 5.38 Å². The number of piperidine rings is 1. The van der Waals surface area contributed by atoms with E-state index in [1.165, 1.54) is 11.3 Å². The van der Waals surface area contributed by atoms with Crippen LogP contribution >= 0.6 is 11.3 Å². The molecule has 3 N–H and O–H groups in total. The number of carbonyl (C=O) groups is 1. The van der Waals surface area contributed by atoms with Gasteiger partial charge in [-0.2, -0.15) is 0 Å². The lowest BCUT2D eigenvalue weighted by Crippen LogP contribution is -2.26. The highest BCUT2D eigenvalue weighted by atomic mass is 32.1. The summed E-state index contributed by atoms with van der Waals surface area (Å²) in [6, 6.07) is 0. The van der Waals surface area contributed by atoms with Gasteiger partial charge in [0.1, 0.15) is 5.69 Å². The van der Waals surface area contributed by atoms with E-state index in [4.69, 9.17) is 5.73 Å². The average molecular weight is 235 g/mol. The lowest BCUT2D eigenvalue weighted by molar-refractivity contribution is 0.1000. The van der Waals surface area contributed by atoms with Crippen molar-refractivity contribution in [3.8, 4) is 11.8 Å². The van der Waals surface area contributed by atoms with Crippen molar-refractivity contribution >= 4 is 17.2 Å².